The van der Waals surface area contributed by atoms with E-state index >= 15 is 0 Å². The smallest absolute Gasteiger partial charge is 0.223 e. The quantitative estimate of drug-likeness (QED) is 0.727. The van der Waals surface area contributed by atoms with Gasteiger partial charge in [0.25, 0.3) is 0 Å². The van der Waals surface area contributed by atoms with Crippen LogP contribution in [0.4, 0.5) is 0 Å². The van der Waals surface area contributed by atoms with Crippen LogP contribution in [0, 0.1) is 0 Å². The fourth-order valence-electron chi connectivity index (χ4n) is 2.39. The highest BCUT2D eigenvalue weighted by atomic mass is 16.2. The van der Waals surface area contributed by atoms with Crippen molar-refractivity contribution in [3.63, 3.8) is 0 Å². The molecule has 0 radical (unpaired) electrons. The summed E-state index contributed by atoms with van der Waals surface area (Å²) in [7, 11) is 0. The first-order valence-electron chi connectivity index (χ1n) is 6.27. The molecule has 1 heterocycles. The van der Waals surface area contributed by atoms with Crippen LogP contribution in [0.15, 0.2) is 43.0 Å². The number of likely N-dealkylation sites (tertiary alicyclic amines) is 1. The van der Waals surface area contributed by atoms with Crippen molar-refractivity contribution in [3.05, 3.63) is 48.6 Å². The molecule has 1 atom stereocenters. The summed E-state index contributed by atoms with van der Waals surface area (Å²) in [6, 6.07) is 10.4. The van der Waals surface area contributed by atoms with Crippen LogP contribution in [0.25, 0.3) is 0 Å². The Kier molecular flexibility index (Phi) is 3.97. The number of rotatable bonds is 4. The lowest BCUT2D eigenvalue weighted by Gasteiger charge is -2.21. The van der Waals surface area contributed by atoms with E-state index in [1.54, 1.807) is 0 Å². The highest BCUT2D eigenvalue weighted by Gasteiger charge is 2.25. The van der Waals surface area contributed by atoms with Crippen LogP contribution in [0.2, 0.25) is 0 Å². The van der Waals surface area contributed by atoms with Gasteiger partial charge in [-0.25, -0.2) is 0 Å². The molecule has 1 amide bonds. The highest BCUT2D eigenvalue weighted by Crippen LogP contribution is 2.19. The van der Waals surface area contributed by atoms with Gasteiger partial charge in [-0.3, -0.25) is 4.79 Å². The van der Waals surface area contributed by atoms with Gasteiger partial charge in [0.1, 0.15) is 0 Å². The van der Waals surface area contributed by atoms with Gasteiger partial charge in [-0.2, -0.15) is 0 Å². The van der Waals surface area contributed by atoms with Crippen LogP contribution in [0.1, 0.15) is 24.8 Å². The van der Waals surface area contributed by atoms with Gasteiger partial charge in [-0.15, -0.1) is 6.58 Å². The molecule has 2 rings (SSSR count). The molecule has 90 valence electrons. The van der Waals surface area contributed by atoms with Gasteiger partial charge in [-0.05, 0) is 24.8 Å². The predicted octanol–water partition coefficient (Wildman–Crippen LogP) is 2.80. The molecular weight excluding hydrogens is 210 g/mol. The first-order valence-corrected chi connectivity index (χ1v) is 6.27. The summed E-state index contributed by atoms with van der Waals surface area (Å²) in [5.74, 6) is 0.260. The molecule has 0 bridgehead atoms. The Morgan fingerprint density at radius 1 is 1.41 bits per heavy atom. The average molecular weight is 229 g/mol. The molecule has 1 aromatic rings. The van der Waals surface area contributed by atoms with E-state index in [4.69, 9.17) is 0 Å². The molecule has 1 aliphatic heterocycles. The van der Waals surface area contributed by atoms with Crippen LogP contribution in [-0.2, 0) is 11.2 Å². The highest BCUT2D eigenvalue weighted by molar-refractivity contribution is 5.77. The Balaban J connectivity index is 1.87. The molecule has 0 saturated carbocycles. The third kappa shape index (κ3) is 2.96. The van der Waals surface area contributed by atoms with E-state index in [9.17, 15) is 4.79 Å². The fraction of sp³-hybridized carbons (Fsp3) is 0.400. The third-order valence-electron chi connectivity index (χ3n) is 3.36. The molecule has 1 saturated heterocycles. The third-order valence-corrected chi connectivity index (χ3v) is 3.36. The maximum atomic E-state index is 12.1. The minimum absolute atomic E-state index is 0.260. The van der Waals surface area contributed by atoms with Gasteiger partial charge >= 0.3 is 0 Å². The number of carbonyl (C=O) groups excluding carboxylic acids is 1. The molecule has 0 N–H and O–H groups in total. The van der Waals surface area contributed by atoms with E-state index in [1.165, 1.54) is 5.56 Å². The molecule has 0 aliphatic carbocycles. The van der Waals surface area contributed by atoms with E-state index in [0.29, 0.717) is 6.42 Å². The standard InChI is InChI=1S/C15H19NO/c1-2-14-9-6-12-16(14)15(17)11-10-13-7-4-3-5-8-13/h2-5,7-8,14H,1,6,9-12H2/t14-/m1/s1. The Morgan fingerprint density at radius 3 is 2.88 bits per heavy atom. The molecule has 1 aliphatic rings. The summed E-state index contributed by atoms with van der Waals surface area (Å²) < 4.78 is 0. The molecule has 0 spiro atoms. The Bertz CT molecular complexity index is 385. The number of hydrogen-bond acceptors (Lipinski definition) is 1. The maximum Gasteiger partial charge on any atom is 0.223 e. The van der Waals surface area contributed by atoms with Crippen molar-refractivity contribution in [2.24, 2.45) is 0 Å². The Morgan fingerprint density at radius 2 is 2.18 bits per heavy atom. The van der Waals surface area contributed by atoms with Crippen LogP contribution < -0.4 is 0 Å². The zero-order chi connectivity index (χ0) is 12.1. The Labute approximate surface area is 103 Å². The van der Waals surface area contributed by atoms with Crippen LogP contribution in [-0.4, -0.2) is 23.4 Å². The molecule has 0 aromatic heterocycles. The van der Waals surface area contributed by atoms with Crippen LogP contribution >= 0.6 is 0 Å². The molecule has 0 unspecified atom stereocenters. The van der Waals surface area contributed by atoms with Crippen LogP contribution in [0.3, 0.4) is 0 Å². The van der Waals surface area contributed by atoms with Crippen molar-refractivity contribution in [2.45, 2.75) is 31.7 Å². The van der Waals surface area contributed by atoms with Crippen LogP contribution in [0.5, 0.6) is 0 Å². The van der Waals surface area contributed by atoms with E-state index in [0.717, 1.165) is 25.8 Å². The second-order valence-electron chi connectivity index (χ2n) is 4.52. The second-order valence-corrected chi connectivity index (χ2v) is 4.52. The minimum atomic E-state index is 0.260. The lowest BCUT2D eigenvalue weighted by molar-refractivity contribution is -0.131. The van der Waals surface area contributed by atoms with Crippen molar-refractivity contribution in [1.82, 2.24) is 4.90 Å². The summed E-state index contributed by atoms with van der Waals surface area (Å²) in [5, 5.41) is 0. The van der Waals surface area contributed by atoms with E-state index in [1.807, 2.05) is 29.2 Å². The number of benzene rings is 1. The molecule has 2 nitrogen and oxygen atoms in total. The average Bonchev–Trinajstić information content (AvgIpc) is 2.85. The van der Waals surface area contributed by atoms with E-state index < -0.39 is 0 Å². The number of amides is 1. The van der Waals surface area contributed by atoms with Gasteiger partial charge < -0.3 is 4.90 Å². The van der Waals surface area contributed by atoms with Gasteiger partial charge in [0.05, 0.1) is 0 Å². The van der Waals surface area contributed by atoms with Crippen molar-refractivity contribution < 1.29 is 4.79 Å². The second kappa shape index (κ2) is 5.67. The summed E-state index contributed by atoms with van der Waals surface area (Å²) >= 11 is 0. The summed E-state index contributed by atoms with van der Waals surface area (Å²) in [4.78, 5) is 14.0. The zero-order valence-electron chi connectivity index (χ0n) is 10.1. The lowest BCUT2D eigenvalue weighted by atomic mass is 10.1. The predicted molar refractivity (Wildman–Crippen MR) is 69.7 cm³/mol. The van der Waals surface area contributed by atoms with Gasteiger partial charge in [0, 0.05) is 19.0 Å². The summed E-state index contributed by atoms with van der Waals surface area (Å²) in [6.45, 7) is 4.69. The van der Waals surface area contributed by atoms with Crippen molar-refractivity contribution >= 4 is 5.91 Å². The van der Waals surface area contributed by atoms with E-state index in [2.05, 4.69) is 18.7 Å². The number of carbonyl (C=O) groups is 1. The number of nitrogens with zero attached hydrogens (tertiary/aromatic N) is 1. The van der Waals surface area contributed by atoms with Gasteiger partial charge in [-0.1, -0.05) is 36.4 Å². The zero-order valence-corrected chi connectivity index (χ0v) is 10.1. The van der Waals surface area contributed by atoms with Crippen molar-refractivity contribution in [2.75, 3.05) is 6.54 Å². The van der Waals surface area contributed by atoms with Crippen molar-refractivity contribution in [1.29, 1.82) is 0 Å². The molecule has 17 heavy (non-hydrogen) atoms. The summed E-state index contributed by atoms with van der Waals surface area (Å²) in [6.07, 6.45) is 5.51. The number of aryl methyl sites for hydroxylation is 1. The normalized spacial score (nSPS) is 19.3. The molecular formula is C15H19NO. The maximum absolute atomic E-state index is 12.1. The minimum Gasteiger partial charge on any atom is -0.336 e. The lowest BCUT2D eigenvalue weighted by Crippen LogP contribution is -2.34. The molecule has 2 heteroatoms. The first-order chi connectivity index (χ1) is 8.31. The Hall–Kier alpha value is -1.57. The van der Waals surface area contributed by atoms with Gasteiger partial charge in [0.2, 0.25) is 5.91 Å². The SMILES string of the molecule is C=C[C@@H]1CCCN1C(=O)CCc1ccccc1. The summed E-state index contributed by atoms with van der Waals surface area (Å²) in [5.41, 5.74) is 1.23. The molecule has 1 aromatic carbocycles. The molecule has 1 fully saturated rings. The number of hydrogen-bond donors (Lipinski definition) is 0. The van der Waals surface area contributed by atoms with Gasteiger partial charge in [0.15, 0.2) is 0 Å². The fourth-order valence-corrected chi connectivity index (χ4v) is 2.39. The van der Waals surface area contributed by atoms with E-state index in [-0.39, 0.29) is 11.9 Å². The topological polar surface area (TPSA) is 20.3 Å². The monoisotopic (exact) mass is 229 g/mol. The first kappa shape index (κ1) is 11.9. The largest absolute Gasteiger partial charge is 0.336 e. The van der Waals surface area contributed by atoms with Crippen molar-refractivity contribution in [3.8, 4) is 0 Å².